The van der Waals surface area contributed by atoms with Crippen LogP contribution in [0.4, 0.5) is 0 Å². The summed E-state index contributed by atoms with van der Waals surface area (Å²) in [4.78, 5) is 14.3. The molecule has 0 radical (unpaired) electrons. The van der Waals surface area contributed by atoms with Crippen LogP contribution >= 0.6 is 11.7 Å². The number of carbonyl (C=O) groups excluding carboxylic acids is 1. The fourth-order valence-corrected chi connectivity index (χ4v) is 5.12. The lowest BCUT2D eigenvalue weighted by Gasteiger charge is -2.44. The second-order valence-electron chi connectivity index (χ2n) is 7.48. The summed E-state index contributed by atoms with van der Waals surface area (Å²) >= 11 is 1.26. The predicted molar refractivity (Wildman–Crippen MR) is 102 cm³/mol. The van der Waals surface area contributed by atoms with E-state index >= 15 is 0 Å². The van der Waals surface area contributed by atoms with Gasteiger partial charge in [-0.25, -0.2) is 0 Å². The molecule has 1 aromatic heterocycles. The highest BCUT2D eigenvalue weighted by Crippen LogP contribution is 2.43. The van der Waals surface area contributed by atoms with Crippen molar-refractivity contribution < 1.29 is 9.53 Å². The van der Waals surface area contributed by atoms with Gasteiger partial charge in [-0.15, -0.1) is 0 Å². The van der Waals surface area contributed by atoms with Crippen LogP contribution in [0, 0.1) is 0 Å². The van der Waals surface area contributed by atoms with E-state index in [9.17, 15) is 4.79 Å². The molecule has 2 fully saturated rings. The number of benzene rings is 1. The molecular formula is C19H26N4O2S. The van der Waals surface area contributed by atoms with E-state index in [2.05, 4.69) is 37.2 Å². The Balaban J connectivity index is 1.51. The third-order valence-electron chi connectivity index (χ3n) is 6.09. The van der Waals surface area contributed by atoms with Crippen LogP contribution in [0.5, 0.6) is 0 Å². The SMILES string of the molecule is CCC(=O)N[C@@H]1CC[C@@]2(OC)CCN(Cc3ccc4nsnc4c3)[C@H]2C1. The van der Waals surface area contributed by atoms with Gasteiger partial charge >= 0.3 is 0 Å². The van der Waals surface area contributed by atoms with Crippen molar-refractivity contribution in [2.45, 2.75) is 63.3 Å². The summed E-state index contributed by atoms with van der Waals surface area (Å²) in [6, 6.07) is 6.94. The molecule has 0 unspecified atom stereocenters. The minimum atomic E-state index is -0.0697. The molecule has 1 saturated heterocycles. The quantitative estimate of drug-likeness (QED) is 0.872. The molecule has 2 aromatic rings. The summed E-state index contributed by atoms with van der Waals surface area (Å²) in [5.74, 6) is 0.144. The summed E-state index contributed by atoms with van der Waals surface area (Å²) in [6.07, 6.45) is 4.57. The van der Waals surface area contributed by atoms with E-state index in [1.54, 1.807) is 0 Å². The molecule has 0 bridgehead atoms. The van der Waals surface area contributed by atoms with Crippen molar-refractivity contribution >= 4 is 28.7 Å². The topological polar surface area (TPSA) is 67.3 Å². The van der Waals surface area contributed by atoms with Crippen LogP contribution < -0.4 is 5.32 Å². The number of nitrogens with zero attached hydrogens (tertiary/aromatic N) is 3. The van der Waals surface area contributed by atoms with Gasteiger partial charge in [-0.2, -0.15) is 8.75 Å². The summed E-state index contributed by atoms with van der Waals surface area (Å²) in [7, 11) is 1.84. The monoisotopic (exact) mass is 374 g/mol. The van der Waals surface area contributed by atoms with Gasteiger partial charge in [0.2, 0.25) is 5.91 Å². The lowest BCUT2D eigenvalue weighted by molar-refractivity contribution is -0.123. The minimum absolute atomic E-state index is 0.0697. The molecule has 2 heterocycles. The smallest absolute Gasteiger partial charge is 0.219 e. The van der Waals surface area contributed by atoms with Crippen molar-refractivity contribution in [2.75, 3.05) is 13.7 Å². The van der Waals surface area contributed by atoms with Gasteiger partial charge in [0.15, 0.2) is 0 Å². The van der Waals surface area contributed by atoms with Gasteiger partial charge in [0.05, 0.1) is 17.3 Å². The number of hydrogen-bond donors (Lipinski definition) is 1. The van der Waals surface area contributed by atoms with Crippen molar-refractivity contribution in [3.05, 3.63) is 23.8 Å². The van der Waals surface area contributed by atoms with Crippen LogP contribution in [0.25, 0.3) is 11.0 Å². The maximum Gasteiger partial charge on any atom is 0.219 e. The van der Waals surface area contributed by atoms with E-state index in [-0.39, 0.29) is 17.6 Å². The molecule has 6 nitrogen and oxygen atoms in total. The second-order valence-corrected chi connectivity index (χ2v) is 8.01. The normalized spacial score (nSPS) is 29.0. The number of likely N-dealkylation sites (tertiary alicyclic amines) is 1. The molecule has 2 aliphatic rings. The number of ether oxygens (including phenoxy) is 1. The third kappa shape index (κ3) is 3.23. The Morgan fingerprint density at radius 2 is 2.23 bits per heavy atom. The molecule has 0 spiro atoms. The van der Waals surface area contributed by atoms with E-state index in [1.807, 2.05) is 14.0 Å². The fourth-order valence-electron chi connectivity index (χ4n) is 4.60. The minimum Gasteiger partial charge on any atom is -0.377 e. The predicted octanol–water partition coefficient (Wildman–Crippen LogP) is 2.73. The molecule has 1 aliphatic heterocycles. The number of amides is 1. The number of rotatable bonds is 5. The molecule has 7 heteroatoms. The lowest BCUT2D eigenvalue weighted by atomic mass is 9.78. The molecule has 4 rings (SSSR count). The van der Waals surface area contributed by atoms with Crippen LogP contribution in [0.2, 0.25) is 0 Å². The highest BCUT2D eigenvalue weighted by Gasteiger charge is 2.50. The first-order valence-electron chi connectivity index (χ1n) is 9.43. The molecule has 26 heavy (non-hydrogen) atoms. The standard InChI is InChI=1S/C19H26N4O2S/c1-3-18(24)20-14-6-7-19(25-2)8-9-23(17(19)11-14)12-13-4-5-15-16(10-13)22-26-21-15/h4-5,10,14,17H,3,6-9,11-12H2,1-2H3,(H,20,24)/t14-,17+,19-/m1/s1. The van der Waals surface area contributed by atoms with E-state index in [4.69, 9.17) is 4.74 Å². The number of hydrogen-bond acceptors (Lipinski definition) is 6. The van der Waals surface area contributed by atoms with E-state index in [0.29, 0.717) is 12.5 Å². The Bertz CT molecular complexity index is 795. The zero-order valence-electron chi connectivity index (χ0n) is 15.4. The van der Waals surface area contributed by atoms with Gasteiger partial charge in [0, 0.05) is 38.7 Å². The number of nitrogens with one attached hydrogen (secondary N) is 1. The molecule has 1 aliphatic carbocycles. The number of methoxy groups -OCH3 is 1. The van der Waals surface area contributed by atoms with Gasteiger partial charge in [-0.1, -0.05) is 13.0 Å². The molecule has 1 saturated carbocycles. The van der Waals surface area contributed by atoms with E-state index in [1.165, 1.54) is 17.3 Å². The Hall–Kier alpha value is -1.57. The highest BCUT2D eigenvalue weighted by molar-refractivity contribution is 7.00. The van der Waals surface area contributed by atoms with Crippen molar-refractivity contribution in [1.29, 1.82) is 0 Å². The number of aromatic nitrogens is 2. The fraction of sp³-hybridized carbons (Fsp3) is 0.632. The number of fused-ring (bicyclic) bond motifs is 2. The van der Waals surface area contributed by atoms with Crippen LogP contribution in [-0.2, 0) is 16.1 Å². The first kappa shape index (κ1) is 17.8. The Labute approximate surface area is 158 Å². The Kier molecular flexibility index (Phi) is 4.94. The van der Waals surface area contributed by atoms with E-state index < -0.39 is 0 Å². The second kappa shape index (κ2) is 7.21. The van der Waals surface area contributed by atoms with Crippen LogP contribution in [-0.4, -0.2) is 50.9 Å². The van der Waals surface area contributed by atoms with Crippen molar-refractivity contribution in [3.63, 3.8) is 0 Å². The summed E-state index contributed by atoms with van der Waals surface area (Å²) in [5, 5.41) is 3.19. The average molecular weight is 375 g/mol. The van der Waals surface area contributed by atoms with E-state index in [0.717, 1.165) is 49.8 Å². The van der Waals surface area contributed by atoms with Gasteiger partial charge in [-0.3, -0.25) is 9.69 Å². The van der Waals surface area contributed by atoms with Gasteiger partial charge in [0.1, 0.15) is 11.0 Å². The van der Waals surface area contributed by atoms with Crippen LogP contribution in [0.3, 0.4) is 0 Å². The molecule has 1 N–H and O–H groups in total. The van der Waals surface area contributed by atoms with Gasteiger partial charge in [-0.05, 0) is 43.4 Å². The number of carbonyl (C=O) groups is 1. The summed E-state index contributed by atoms with van der Waals surface area (Å²) in [6.45, 7) is 3.82. The van der Waals surface area contributed by atoms with Crippen LogP contribution in [0.1, 0.15) is 44.6 Å². The Morgan fingerprint density at radius 3 is 3.04 bits per heavy atom. The summed E-state index contributed by atoms with van der Waals surface area (Å²) in [5.41, 5.74) is 3.13. The zero-order chi connectivity index (χ0) is 18.1. The van der Waals surface area contributed by atoms with Gasteiger partial charge in [0.25, 0.3) is 0 Å². The van der Waals surface area contributed by atoms with Crippen LogP contribution in [0.15, 0.2) is 18.2 Å². The Morgan fingerprint density at radius 1 is 1.38 bits per heavy atom. The molecule has 3 atom stereocenters. The molecular weight excluding hydrogens is 348 g/mol. The molecule has 140 valence electrons. The van der Waals surface area contributed by atoms with Crippen molar-refractivity contribution in [1.82, 2.24) is 19.0 Å². The van der Waals surface area contributed by atoms with Crippen molar-refractivity contribution in [3.8, 4) is 0 Å². The highest BCUT2D eigenvalue weighted by atomic mass is 32.1. The average Bonchev–Trinajstić information content (AvgIpc) is 3.26. The maximum atomic E-state index is 11.8. The maximum absolute atomic E-state index is 11.8. The summed E-state index contributed by atoms with van der Waals surface area (Å²) < 4.78 is 14.7. The van der Waals surface area contributed by atoms with Gasteiger partial charge < -0.3 is 10.1 Å². The first-order chi connectivity index (χ1) is 12.6. The lowest BCUT2D eigenvalue weighted by Crippen LogP contribution is -2.54. The largest absolute Gasteiger partial charge is 0.377 e. The molecule has 1 amide bonds. The zero-order valence-corrected chi connectivity index (χ0v) is 16.2. The van der Waals surface area contributed by atoms with Crippen molar-refractivity contribution in [2.24, 2.45) is 0 Å². The third-order valence-corrected chi connectivity index (χ3v) is 6.65. The molecule has 1 aromatic carbocycles. The first-order valence-corrected chi connectivity index (χ1v) is 10.2.